The number of carbonyl (C=O) groups is 1. The van der Waals surface area contributed by atoms with E-state index < -0.39 is 0 Å². The predicted molar refractivity (Wildman–Crippen MR) is 76.5 cm³/mol. The summed E-state index contributed by atoms with van der Waals surface area (Å²) in [5.41, 5.74) is 0.422. The number of hydrogen-bond acceptors (Lipinski definition) is 4. The number of ether oxygens (including phenoxy) is 2. The van der Waals surface area contributed by atoms with E-state index in [1.165, 1.54) is 38.5 Å². The highest BCUT2D eigenvalue weighted by molar-refractivity contribution is 5.70. The molecule has 4 fully saturated rings. The molecule has 0 N–H and O–H groups in total. The molecule has 0 aromatic heterocycles. The molecule has 114 valence electrons. The van der Waals surface area contributed by atoms with Gasteiger partial charge in [-0.2, -0.15) is 0 Å². The van der Waals surface area contributed by atoms with Crippen molar-refractivity contribution in [3.63, 3.8) is 0 Å². The molecule has 0 spiro atoms. The van der Waals surface area contributed by atoms with Crippen molar-refractivity contribution in [3.05, 3.63) is 0 Å². The average molecular weight is 281 g/mol. The molecular formula is C16H27NO3. The Morgan fingerprint density at radius 1 is 1.30 bits per heavy atom. The normalized spacial score (nSPS) is 37.9. The minimum atomic E-state index is -0.121. The van der Waals surface area contributed by atoms with Crippen molar-refractivity contribution in [1.82, 2.24) is 4.90 Å². The minimum Gasteiger partial charge on any atom is -0.466 e. The van der Waals surface area contributed by atoms with E-state index in [1.54, 1.807) is 0 Å². The molecule has 4 aliphatic rings. The van der Waals surface area contributed by atoms with Crippen LogP contribution in [0.25, 0.3) is 0 Å². The van der Waals surface area contributed by atoms with Gasteiger partial charge in [-0.25, -0.2) is 0 Å². The SMILES string of the molecule is CCOC(=O)CC1CN(C23CCC(CC2)CC3)CCO1. The highest BCUT2D eigenvalue weighted by atomic mass is 16.5. The molecule has 0 aromatic rings. The van der Waals surface area contributed by atoms with Crippen LogP contribution in [0.5, 0.6) is 0 Å². The quantitative estimate of drug-likeness (QED) is 0.742. The number of nitrogens with zero attached hydrogens (tertiary/aromatic N) is 1. The summed E-state index contributed by atoms with van der Waals surface area (Å²) in [6.07, 6.45) is 8.69. The highest BCUT2D eigenvalue weighted by Crippen LogP contribution is 2.47. The number of esters is 1. The number of morpholine rings is 1. The summed E-state index contributed by atoms with van der Waals surface area (Å²) < 4.78 is 10.8. The lowest BCUT2D eigenvalue weighted by Gasteiger charge is -2.54. The molecule has 4 nitrogen and oxygen atoms in total. The average Bonchev–Trinajstić information content (AvgIpc) is 2.50. The van der Waals surface area contributed by atoms with Gasteiger partial charge in [0.15, 0.2) is 0 Å². The smallest absolute Gasteiger partial charge is 0.308 e. The van der Waals surface area contributed by atoms with Crippen molar-refractivity contribution >= 4 is 5.97 Å². The van der Waals surface area contributed by atoms with E-state index in [-0.39, 0.29) is 12.1 Å². The van der Waals surface area contributed by atoms with Crippen molar-refractivity contribution in [3.8, 4) is 0 Å². The molecule has 20 heavy (non-hydrogen) atoms. The first-order chi connectivity index (χ1) is 9.72. The summed E-state index contributed by atoms with van der Waals surface area (Å²) in [7, 11) is 0. The van der Waals surface area contributed by atoms with E-state index in [4.69, 9.17) is 9.47 Å². The van der Waals surface area contributed by atoms with Gasteiger partial charge in [-0.15, -0.1) is 0 Å². The first-order valence-corrected chi connectivity index (χ1v) is 8.24. The molecule has 1 aliphatic heterocycles. The third-order valence-corrected chi connectivity index (χ3v) is 5.56. The van der Waals surface area contributed by atoms with Crippen LogP contribution in [-0.4, -0.2) is 48.8 Å². The minimum absolute atomic E-state index is 0.0248. The Bertz CT molecular complexity index is 336. The molecule has 1 atom stereocenters. The lowest BCUT2D eigenvalue weighted by atomic mass is 9.65. The maximum absolute atomic E-state index is 11.6. The summed E-state index contributed by atoms with van der Waals surface area (Å²) >= 11 is 0. The first-order valence-electron chi connectivity index (χ1n) is 8.24. The van der Waals surface area contributed by atoms with E-state index in [0.717, 1.165) is 25.6 Å². The lowest BCUT2D eigenvalue weighted by Crippen LogP contribution is -2.59. The zero-order valence-corrected chi connectivity index (χ0v) is 12.6. The largest absolute Gasteiger partial charge is 0.466 e. The van der Waals surface area contributed by atoms with E-state index in [0.29, 0.717) is 18.6 Å². The first kappa shape index (κ1) is 14.3. The third-order valence-electron chi connectivity index (χ3n) is 5.56. The fraction of sp³-hybridized carbons (Fsp3) is 0.938. The summed E-state index contributed by atoms with van der Waals surface area (Å²) in [5.74, 6) is 0.873. The molecule has 2 bridgehead atoms. The van der Waals surface area contributed by atoms with Gasteiger partial charge in [-0.1, -0.05) is 0 Å². The van der Waals surface area contributed by atoms with Gasteiger partial charge in [-0.3, -0.25) is 9.69 Å². The number of fused-ring (bicyclic) bond motifs is 3. The molecule has 3 aliphatic carbocycles. The third kappa shape index (κ3) is 2.86. The highest BCUT2D eigenvalue weighted by Gasteiger charge is 2.45. The number of carbonyl (C=O) groups excluding carboxylic acids is 1. The van der Waals surface area contributed by atoms with Crippen molar-refractivity contribution in [1.29, 1.82) is 0 Å². The zero-order valence-electron chi connectivity index (χ0n) is 12.6. The molecule has 0 aromatic carbocycles. The van der Waals surface area contributed by atoms with Gasteiger partial charge in [0.05, 0.1) is 25.7 Å². The van der Waals surface area contributed by atoms with Crippen molar-refractivity contribution < 1.29 is 14.3 Å². The van der Waals surface area contributed by atoms with Crippen LogP contribution >= 0.6 is 0 Å². The van der Waals surface area contributed by atoms with E-state index in [2.05, 4.69) is 4.90 Å². The van der Waals surface area contributed by atoms with Gasteiger partial charge in [0.2, 0.25) is 0 Å². The molecule has 4 heteroatoms. The maximum atomic E-state index is 11.6. The van der Waals surface area contributed by atoms with Gasteiger partial charge in [0.1, 0.15) is 0 Å². The summed E-state index contributed by atoms with van der Waals surface area (Å²) in [4.78, 5) is 14.3. The molecule has 1 saturated heterocycles. The van der Waals surface area contributed by atoms with Crippen molar-refractivity contribution in [2.45, 2.75) is 63.5 Å². The summed E-state index contributed by atoms with van der Waals surface area (Å²) in [6.45, 7) is 5.01. The molecule has 0 amide bonds. The fourth-order valence-electron chi connectivity index (χ4n) is 4.38. The summed E-state index contributed by atoms with van der Waals surface area (Å²) in [5, 5.41) is 0. The van der Waals surface area contributed by atoms with E-state index in [1.807, 2.05) is 6.92 Å². The van der Waals surface area contributed by atoms with Gasteiger partial charge in [0.25, 0.3) is 0 Å². The zero-order chi connectivity index (χ0) is 14.0. The summed E-state index contributed by atoms with van der Waals surface area (Å²) in [6, 6.07) is 0. The van der Waals surface area contributed by atoms with Gasteiger partial charge < -0.3 is 9.47 Å². The predicted octanol–water partition coefficient (Wildman–Crippen LogP) is 2.36. The Kier molecular flexibility index (Phi) is 4.32. The monoisotopic (exact) mass is 281 g/mol. The van der Waals surface area contributed by atoms with E-state index >= 15 is 0 Å². The second kappa shape index (κ2) is 6.02. The Balaban J connectivity index is 1.58. The van der Waals surface area contributed by atoms with Crippen LogP contribution in [0.3, 0.4) is 0 Å². The van der Waals surface area contributed by atoms with Crippen molar-refractivity contribution in [2.75, 3.05) is 26.3 Å². The molecule has 4 rings (SSSR count). The Morgan fingerprint density at radius 2 is 2.00 bits per heavy atom. The Labute approximate surface area is 121 Å². The molecule has 1 heterocycles. The number of rotatable bonds is 4. The molecule has 3 saturated carbocycles. The Morgan fingerprint density at radius 3 is 2.65 bits per heavy atom. The van der Waals surface area contributed by atoms with Crippen LogP contribution < -0.4 is 0 Å². The van der Waals surface area contributed by atoms with Crippen molar-refractivity contribution in [2.24, 2.45) is 5.92 Å². The number of hydrogen-bond donors (Lipinski definition) is 0. The van der Waals surface area contributed by atoms with Gasteiger partial charge in [0, 0.05) is 18.6 Å². The van der Waals surface area contributed by atoms with Crippen LogP contribution in [0.4, 0.5) is 0 Å². The maximum Gasteiger partial charge on any atom is 0.308 e. The van der Waals surface area contributed by atoms with Crippen LogP contribution in [0, 0.1) is 5.92 Å². The topological polar surface area (TPSA) is 38.8 Å². The second-order valence-corrected chi connectivity index (χ2v) is 6.65. The molecular weight excluding hydrogens is 254 g/mol. The van der Waals surface area contributed by atoms with E-state index in [9.17, 15) is 4.79 Å². The second-order valence-electron chi connectivity index (χ2n) is 6.65. The van der Waals surface area contributed by atoms with Crippen LogP contribution in [-0.2, 0) is 14.3 Å². The van der Waals surface area contributed by atoms with Crippen LogP contribution in [0.15, 0.2) is 0 Å². The molecule has 0 radical (unpaired) electrons. The molecule has 1 unspecified atom stereocenters. The standard InChI is InChI=1S/C16H27NO3/c1-2-19-15(18)11-14-12-17(9-10-20-14)16-6-3-13(4-7-16)5-8-16/h13-14H,2-12H2,1H3. The fourth-order valence-corrected chi connectivity index (χ4v) is 4.38. The van der Waals surface area contributed by atoms with Gasteiger partial charge >= 0.3 is 5.97 Å². The van der Waals surface area contributed by atoms with Crippen LogP contribution in [0.1, 0.15) is 51.9 Å². The van der Waals surface area contributed by atoms with Gasteiger partial charge in [-0.05, 0) is 51.4 Å². The van der Waals surface area contributed by atoms with Crippen LogP contribution in [0.2, 0.25) is 0 Å². The Hall–Kier alpha value is -0.610. The lowest BCUT2D eigenvalue weighted by molar-refractivity contribution is -0.151.